The average molecular weight is 306 g/mol. The molecule has 0 saturated heterocycles. The smallest absolute Gasteiger partial charge is 0.101 e. The predicted octanol–water partition coefficient (Wildman–Crippen LogP) is 4.71. The normalized spacial score (nSPS) is 9.96. The van der Waals surface area contributed by atoms with Gasteiger partial charge in [-0.25, -0.2) is 0 Å². The van der Waals surface area contributed by atoms with Gasteiger partial charge in [0.15, 0.2) is 0 Å². The quantitative estimate of drug-likeness (QED) is 0.499. The van der Waals surface area contributed by atoms with Crippen LogP contribution in [0.3, 0.4) is 0 Å². The lowest BCUT2D eigenvalue weighted by molar-refractivity contribution is 1.44. The summed E-state index contributed by atoms with van der Waals surface area (Å²) in [6.07, 6.45) is 1.75. The van der Waals surface area contributed by atoms with E-state index in [-0.39, 0.29) is 0 Å². The van der Waals surface area contributed by atoms with Crippen LogP contribution in [0.2, 0.25) is 0 Å². The van der Waals surface area contributed by atoms with Crippen molar-refractivity contribution in [1.29, 1.82) is 5.26 Å². The lowest BCUT2D eigenvalue weighted by Crippen LogP contribution is -1.83. The topological polar surface area (TPSA) is 36.1 Å². The number of hydrogen-bond donors (Lipinski definition) is 0. The fourth-order valence-corrected chi connectivity index (χ4v) is 2.14. The Morgan fingerprint density at radius 1 is 0.708 bits per heavy atom. The molecule has 3 rings (SSSR count). The molecule has 0 amide bonds. The highest BCUT2D eigenvalue weighted by Gasteiger charge is 1.97. The van der Waals surface area contributed by atoms with Crippen molar-refractivity contribution in [2.45, 2.75) is 0 Å². The van der Waals surface area contributed by atoms with Gasteiger partial charge in [0.2, 0.25) is 0 Å². The van der Waals surface area contributed by atoms with Crippen LogP contribution in [0, 0.1) is 23.2 Å². The van der Waals surface area contributed by atoms with Crippen LogP contribution in [0.25, 0.3) is 0 Å². The van der Waals surface area contributed by atoms with Gasteiger partial charge in [-0.15, -0.1) is 0 Å². The Balaban J connectivity index is 1.75. The Hall–Kier alpha value is -3.62. The second-order valence-electron chi connectivity index (χ2n) is 5.13. The molecular formula is C22H14N2. The highest BCUT2D eigenvalue weighted by atomic mass is 14.7. The van der Waals surface area contributed by atoms with Crippen molar-refractivity contribution < 1.29 is 0 Å². The van der Waals surface area contributed by atoms with E-state index in [4.69, 9.17) is 5.26 Å². The standard InChI is InChI=1S/C22H14N2/c23-16-21-8-4-5-9-22(21)24-17-20-14-12-19(13-15-20)11-10-18-6-2-1-3-7-18/h1-9,12-15,17H. The summed E-state index contributed by atoms with van der Waals surface area (Å²) in [5, 5.41) is 9.07. The summed E-state index contributed by atoms with van der Waals surface area (Å²) in [6.45, 7) is 0. The van der Waals surface area contributed by atoms with E-state index >= 15 is 0 Å². The molecular weight excluding hydrogens is 292 g/mol. The highest BCUT2D eigenvalue weighted by Crippen LogP contribution is 2.17. The number of nitriles is 1. The van der Waals surface area contributed by atoms with Crippen molar-refractivity contribution in [2.24, 2.45) is 4.99 Å². The van der Waals surface area contributed by atoms with Crippen molar-refractivity contribution in [2.75, 3.05) is 0 Å². The van der Waals surface area contributed by atoms with Crippen LogP contribution in [0.15, 0.2) is 83.9 Å². The van der Waals surface area contributed by atoms with Crippen LogP contribution in [0.1, 0.15) is 22.3 Å². The van der Waals surface area contributed by atoms with Crippen molar-refractivity contribution in [3.8, 4) is 17.9 Å². The van der Waals surface area contributed by atoms with Crippen LogP contribution < -0.4 is 0 Å². The van der Waals surface area contributed by atoms with E-state index in [0.29, 0.717) is 11.3 Å². The van der Waals surface area contributed by atoms with Crippen molar-refractivity contribution in [1.82, 2.24) is 0 Å². The third-order valence-electron chi connectivity index (χ3n) is 3.41. The maximum absolute atomic E-state index is 9.07. The number of aliphatic imine (C=N–C) groups is 1. The zero-order valence-corrected chi connectivity index (χ0v) is 13.0. The number of nitrogens with zero attached hydrogens (tertiary/aromatic N) is 2. The van der Waals surface area contributed by atoms with Gasteiger partial charge in [-0.3, -0.25) is 4.99 Å². The van der Waals surface area contributed by atoms with E-state index in [1.165, 1.54) is 0 Å². The minimum Gasteiger partial charge on any atom is -0.255 e. The predicted molar refractivity (Wildman–Crippen MR) is 97.3 cm³/mol. The first-order valence-corrected chi connectivity index (χ1v) is 7.55. The largest absolute Gasteiger partial charge is 0.255 e. The molecule has 0 atom stereocenters. The van der Waals surface area contributed by atoms with Crippen molar-refractivity contribution in [3.05, 3.63) is 101 Å². The second-order valence-corrected chi connectivity index (χ2v) is 5.13. The molecule has 0 saturated carbocycles. The number of rotatable bonds is 2. The fourth-order valence-electron chi connectivity index (χ4n) is 2.14. The van der Waals surface area contributed by atoms with Crippen LogP contribution in [0.5, 0.6) is 0 Å². The van der Waals surface area contributed by atoms with E-state index in [2.05, 4.69) is 22.9 Å². The molecule has 0 aliphatic heterocycles. The monoisotopic (exact) mass is 306 g/mol. The molecule has 0 aromatic heterocycles. The minimum atomic E-state index is 0.569. The molecule has 2 heteroatoms. The van der Waals surface area contributed by atoms with Crippen molar-refractivity contribution in [3.63, 3.8) is 0 Å². The van der Waals surface area contributed by atoms with Gasteiger partial charge in [0.05, 0.1) is 11.3 Å². The zero-order chi connectivity index (χ0) is 16.6. The molecule has 0 bridgehead atoms. The Labute approximate surface area is 141 Å². The Kier molecular flexibility index (Phi) is 4.83. The molecule has 0 aliphatic carbocycles. The SMILES string of the molecule is N#Cc1ccccc1N=Cc1ccc(C#Cc2ccccc2)cc1. The van der Waals surface area contributed by atoms with E-state index in [0.717, 1.165) is 16.7 Å². The lowest BCUT2D eigenvalue weighted by Gasteiger charge is -1.97. The van der Waals surface area contributed by atoms with Crippen LogP contribution in [-0.4, -0.2) is 6.21 Å². The molecule has 0 unspecified atom stereocenters. The summed E-state index contributed by atoms with van der Waals surface area (Å²) in [5.74, 6) is 6.28. The lowest BCUT2D eigenvalue weighted by atomic mass is 10.1. The number of para-hydroxylation sites is 1. The second kappa shape index (κ2) is 7.58. The Morgan fingerprint density at radius 3 is 2.04 bits per heavy atom. The summed E-state index contributed by atoms with van der Waals surface area (Å²) in [5.41, 5.74) is 4.16. The summed E-state index contributed by atoms with van der Waals surface area (Å²) in [7, 11) is 0. The molecule has 0 aliphatic rings. The van der Waals surface area contributed by atoms with Gasteiger partial charge in [0.25, 0.3) is 0 Å². The molecule has 2 nitrogen and oxygen atoms in total. The first-order chi connectivity index (χ1) is 11.8. The van der Waals surface area contributed by atoms with Gasteiger partial charge in [0.1, 0.15) is 6.07 Å². The van der Waals surface area contributed by atoms with Crippen LogP contribution >= 0.6 is 0 Å². The first-order valence-electron chi connectivity index (χ1n) is 7.55. The fraction of sp³-hybridized carbons (Fsp3) is 0. The minimum absolute atomic E-state index is 0.569. The number of hydrogen-bond acceptors (Lipinski definition) is 2. The van der Waals surface area contributed by atoms with Crippen LogP contribution in [-0.2, 0) is 0 Å². The van der Waals surface area contributed by atoms with Crippen LogP contribution in [0.4, 0.5) is 5.69 Å². The van der Waals surface area contributed by atoms with Gasteiger partial charge in [-0.1, -0.05) is 54.3 Å². The Bertz CT molecular complexity index is 951. The Morgan fingerprint density at radius 2 is 1.33 bits per heavy atom. The average Bonchev–Trinajstić information content (AvgIpc) is 2.66. The molecule has 3 aromatic rings. The molecule has 3 aromatic carbocycles. The maximum Gasteiger partial charge on any atom is 0.101 e. The first kappa shape index (κ1) is 15.3. The van der Waals surface area contributed by atoms with E-state index in [1.54, 1.807) is 12.3 Å². The van der Waals surface area contributed by atoms with Gasteiger partial charge < -0.3 is 0 Å². The molecule has 0 heterocycles. The molecule has 0 radical (unpaired) electrons. The summed E-state index contributed by atoms with van der Waals surface area (Å²) in [4.78, 5) is 4.39. The van der Waals surface area contributed by atoms with Crippen molar-refractivity contribution >= 4 is 11.9 Å². The van der Waals surface area contributed by atoms with E-state index in [9.17, 15) is 0 Å². The zero-order valence-electron chi connectivity index (χ0n) is 13.0. The molecule has 112 valence electrons. The molecule has 0 spiro atoms. The van der Waals surface area contributed by atoms with Gasteiger partial charge >= 0.3 is 0 Å². The highest BCUT2D eigenvalue weighted by molar-refractivity contribution is 5.82. The molecule has 0 fully saturated rings. The van der Waals surface area contributed by atoms with E-state index < -0.39 is 0 Å². The van der Waals surface area contributed by atoms with Gasteiger partial charge in [-0.2, -0.15) is 5.26 Å². The van der Waals surface area contributed by atoms with Gasteiger partial charge in [0, 0.05) is 17.3 Å². The van der Waals surface area contributed by atoms with E-state index in [1.807, 2.05) is 72.8 Å². The molecule has 0 N–H and O–H groups in total. The van der Waals surface area contributed by atoms with Gasteiger partial charge in [-0.05, 0) is 42.0 Å². The maximum atomic E-state index is 9.07. The molecule has 24 heavy (non-hydrogen) atoms. The summed E-state index contributed by atoms with van der Waals surface area (Å²) >= 11 is 0. The third-order valence-corrected chi connectivity index (χ3v) is 3.41. The third kappa shape index (κ3) is 3.97. The number of benzene rings is 3. The summed E-state index contributed by atoms with van der Waals surface area (Å²) in [6, 6.07) is 27.2. The summed E-state index contributed by atoms with van der Waals surface area (Å²) < 4.78 is 0.